The number of rotatable bonds is 4. The van der Waals surface area contributed by atoms with Crippen LogP contribution in [0.2, 0.25) is 5.02 Å². The van der Waals surface area contributed by atoms with Gasteiger partial charge in [0.15, 0.2) is 11.5 Å². The Hall–Kier alpha value is -2.78. The average molecular weight is 436 g/mol. The molecule has 2 aromatic rings. The molecular weight excluding hydrogens is 418 g/mol. The first-order valence-electron chi connectivity index (χ1n) is 8.89. The number of hydrogen-bond donors (Lipinski definition) is 1. The Morgan fingerprint density at radius 1 is 1.24 bits per heavy atom. The molecule has 2 aliphatic heterocycles. The van der Waals surface area contributed by atoms with Gasteiger partial charge in [-0.3, -0.25) is 4.79 Å². The Morgan fingerprint density at radius 2 is 2.07 bits per heavy atom. The highest BCUT2D eigenvalue weighted by Crippen LogP contribution is 2.39. The van der Waals surface area contributed by atoms with Crippen LogP contribution < -0.4 is 14.8 Å². The minimum absolute atomic E-state index is 0.00631. The predicted molar refractivity (Wildman–Crippen MR) is 108 cm³/mol. The maximum absolute atomic E-state index is 12.6. The summed E-state index contributed by atoms with van der Waals surface area (Å²) in [5.41, 5.74) is 0.588. The van der Waals surface area contributed by atoms with Crippen LogP contribution in [0.5, 0.6) is 11.5 Å². The number of hydrogen-bond acceptors (Lipinski definition) is 5. The van der Waals surface area contributed by atoms with E-state index in [-0.39, 0.29) is 22.3 Å². The second-order valence-corrected chi connectivity index (χ2v) is 8.69. The van der Waals surface area contributed by atoms with Crippen LogP contribution in [0, 0.1) is 0 Å². The Morgan fingerprint density at radius 3 is 2.83 bits per heavy atom. The molecule has 2 aromatic carbocycles. The molecule has 8 nitrogen and oxygen atoms in total. The minimum atomic E-state index is -3.88. The highest BCUT2D eigenvalue weighted by atomic mass is 35.5. The van der Waals surface area contributed by atoms with E-state index >= 15 is 0 Å². The summed E-state index contributed by atoms with van der Waals surface area (Å²) in [6, 6.07) is 8.95. The van der Waals surface area contributed by atoms with Crippen LogP contribution >= 0.6 is 11.6 Å². The van der Waals surface area contributed by atoms with E-state index in [4.69, 9.17) is 21.1 Å². The lowest BCUT2D eigenvalue weighted by Gasteiger charge is -2.11. The number of nitrogens with zero attached hydrogens (tertiary/aromatic N) is 2. The molecule has 0 aliphatic carbocycles. The summed E-state index contributed by atoms with van der Waals surface area (Å²) in [5, 5.41) is 2.94. The molecule has 1 fully saturated rings. The zero-order valence-electron chi connectivity index (χ0n) is 15.5. The summed E-state index contributed by atoms with van der Waals surface area (Å²) < 4.78 is 39.7. The van der Waals surface area contributed by atoms with Crippen LogP contribution in [0.15, 0.2) is 45.7 Å². The number of amides is 1. The summed E-state index contributed by atoms with van der Waals surface area (Å²) in [7, 11) is -2.06. The molecule has 0 aromatic heterocycles. The molecule has 0 saturated carbocycles. The van der Waals surface area contributed by atoms with Gasteiger partial charge in [-0.05, 0) is 36.8 Å². The van der Waals surface area contributed by atoms with Gasteiger partial charge >= 0.3 is 0 Å². The van der Waals surface area contributed by atoms with Gasteiger partial charge in [0.2, 0.25) is 6.79 Å². The van der Waals surface area contributed by atoms with Crippen molar-refractivity contribution in [3.05, 3.63) is 47.0 Å². The molecule has 1 N–H and O–H groups in total. The van der Waals surface area contributed by atoms with Gasteiger partial charge in [-0.25, -0.2) is 0 Å². The van der Waals surface area contributed by atoms with E-state index in [9.17, 15) is 13.2 Å². The molecule has 0 atom stereocenters. The van der Waals surface area contributed by atoms with E-state index in [1.165, 1.54) is 24.3 Å². The van der Waals surface area contributed by atoms with E-state index < -0.39 is 15.9 Å². The fourth-order valence-corrected chi connectivity index (χ4v) is 4.54. The highest BCUT2D eigenvalue weighted by Gasteiger charge is 2.22. The number of fused-ring (bicyclic) bond motifs is 1. The fraction of sp³-hybridized carbons (Fsp3) is 0.263. The van der Waals surface area contributed by atoms with Gasteiger partial charge in [0.1, 0.15) is 5.84 Å². The first-order chi connectivity index (χ1) is 13.8. The van der Waals surface area contributed by atoms with Crippen molar-refractivity contribution in [3.8, 4) is 11.5 Å². The first kappa shape index (κ1) is 19.5. The number of anilines is 1. The minimum Gasteiger partial charge on any atom is -0.454 e. The van der Waals surface area contributed by atoms with Crippen molar-refractivity contribution in [2.24, 2.45) is 4.40 Å². The zero-order valence-corrected chi connectivity index (χ0v) is 17.1. The van der Waals surface area contributed by atoms with E-state index in [0.717, 1.165) is 13.0 Å². The van der Waals surface area contributed by atoms with Crippen molar-refractivity contribution in [2.75, 3.05) is 25.7 Å². The third kappa shape index (κ3) is 4.01. The van der Waals surface area contributed by atoms with E-state index in [2.05, 4.69) is 9.71 Å². The van der Waals surface area contributed by atoms with Crippen LogP contribution in [0.4, 0.5) is 5.69 Å². The number of sulfonamides is 1. The SMILES string of the molecule is CN1CCC/C1=N\S(=O)(=O)c1cccc(NC(=O)c2cc(Cl)c3c(c2)OCO3)c1. The number of amidine groups is 1. The standard InChI is InChI=1S/C19H18ClN3O5S/c1-23-7-3-6-17(23)22-29(25,26)14-5-2-4-13(10-14)21-19(24)12-8-15(20)18-16(9-12)27-11-28-18/h2,4-5,8-10H,3,6-7,11H2,1H3,(H,21,24)/b22-17+. The smallest absolute Gasteiger partial charge is 0.284 e. The van der Waals surface area contributed by atoms with Crippen molar-refractivity contribution in [3.63, 3.8) is 0 Å². The highest BCUT2D eigenvalue weighted by molar-refractivity contribution is 7.90. The summed E-state index contributed by atoms with van der Waals surface area (Å²) >= 11 is 6.12. The van der Waals surface area contributed by atoms with E-state index in [1.54, 1.807) is 12.1 Å². The fourth-order valence-electron chi connectivity index (χ4n) is 3.14. The molecule has 152 valence electrons. The monoisotopic (exact) mass is 435 g/mol. The second-order valence-electron chi connectivity index (χ2n) is 6.68. The molecule has 10 heteroatoms. The Kier molecular flexibility index (Phi) is 5.10. The van der Waals surface area contributed by atoms with Crippen LogP contribution in [0.25, 0.3) is 0 Å². The quantitative estimate of drug-likeness (QED) is 0.792. The Balaban J connectivity index is 1.57. The first-order valence-corrected chi connectivity index (χ1v) is 10.7. The number of carbonyl (C=O) groups is 1. The van der Waals surface area contributed by atoms with Gasteiger partial charge in [0.25, 0.3) is 15.9 Å². The third-order valence-corrected chi connectivity index (χ3v) is 6.22. The van der Waals surface area contributed by atoms with Gasteiger partial charge in [0, 0.05) is 31.3 Å². The topological polar surface area (TPSA) is 97.3 Å². The lowest BCUT2D eigenvalue weighted by atomic mass is 10.2. The van der Waals surface area contributed by atoms with Crippen molar-refractivity contribution in [1.82, 2.24) is 4.90 Å². The lowest BCUT2D eigenvalue weighted by Crippen LogP contribution is -2.20. The number of nitrogens with one attached hydrogen (secondary N) is 1. The molecule has 0 radical (unpaired) electrons. The van der Waals surface area contributed by atoms with Gasteiger partial charge in [-0.15, -0.1) is 4.40 Å². The average Bonchev–Trinajstić information content (AvgIpc) is 3.31. The molecule has 1 amide bonds. The van der Waals surface area contributed by atoms with Crippen LogP contribution in [-0.4, -0.2) is 45.4 Å². The van der Waals surface area contributed by atoms with Crippen molar-refractivity contribution in [2.45, 2.75) is 17.7 Å². The molecule has 2 heterocycles. The number of benzene rings is 2. The van der Waals surface area contributed by atoms with Crippen molar-refractivity contribution >= 4 is 39.1 Å². The molecular formula is C19H18ClN3O5S. The second kappa shape index (κ2) is 7.57. The van der Waals surface area contributed by atoms with Crippen LogP contribution in [0.3, 0.4) is 0 Å². The molecule has 2 aliphatic rings. The molecule has 0 unspecified atom stereocenters. The molecule has 1 saturated heterocycles. The van der Waals surface area contributed by atoms with Gasteiger partial charge in [0.05, 0.1) is 9.92 Å². The lowest BCUT2D eigenvalue weighted by molar-refractivity contribution is 0.102. The van der Waals surface area contributed by atoms with Crippen LogP contribution in [-0.2, 0) is 10.0 Å². The molecule has 0 spiro atoms. The van der Waals surface area contributed by atoms with Gasteiger partial charge < -0.3 is 19.7 Å². The predicted octanol–water partition coefficient (Wildman–Crippen LogP) is 3.13. The third-order valence-electron chi connectivity index (χ3n) is 4.64. The van der Waals surface area contributed by atoms with Crippen molar-refractivity contribution < 1.29 is 22.7 Å². The number of likely N-dealkylation sites (tertiary alicyclic amines) is 1. The Labute approximate surface area is 173 Å². The number of carbonyl (C=O) groups excluding carboxylic acids is 1. The Bertz CT molecular complexity index is 1120. The van der Waals surface area contributed by atoms with E-state index in [0.29, 0.717) is 29.4 Å². The largest absolute Gasteiger partial charge is 0.454 e. The number of ether oxygens (including phenoxy) is 2. The van der Waals surface area contributed by atoms with Crippen molar-refractivity contribution in [1.29, 1.82) is 0 Å². The zero-order chi connectivity index (χ0) is 20.6. The summed E-state index contributed by atoms with van der Waals surface area (Å²) in [5.74, 6) is 0.860. The summed E-state index contributed by atoms with van der Waals surface area (Å²) in [6.45, 7) is 0.820. The maximum atomic E-state index is 12.6. The molecule has 4 rings (SSSR count). The molecule has 0 bridgehead atoms. The van der Waals surface area contributed by atoms with Crippen LogP contribution in [0.1, 0.15) is 23.2 Å². The van der Waals surface area contributed by atoms with E-state index in [1.807, 2.05) is 11.9 Å². The summed E-state index contributed by atoms with van der Waals surface area (Å²) in [4.78, 5) is 14.4. The maximum Gasteiger partial charge on any atom is 0.284 e. The normalized spacial score (nSPS) is 17.0. The molecule has 29 heavy (non-hydrogen) atoms. The summed E-state index contributed by atoms with van der Waals surface area (Å²) in [6.07, 6.45) is 1.50. The number of halogens is 1. The van der Waals surface area contributed by atoms with Gasteiger partial charge in [-0.2, -0.15) is 8.42 Å². The van der Waals surface area contributed by atoms with Gasteiger partial charge in [-0.1, -0.05) is 17.7 Å².